The lowest BCUT2D eigenvalue weighted by Crippen LogP contribution is -2.49. The number of piperazine rings is 1. The number of amides is 1. The van der Waals surface area contributed by atoms with Crippen molar-refractivity contribution in [2.24, 2.45) is 0 Å². The number of aromatic nitrogens is 5. The fourth-order valence-electron chi connectivity index (χ4n) is 7.60. The number of aromatic amines is 1. The molecule has 272 valence electrons. The van der Waals surface area contributed by atoms with E-state index in [-0.39, 0.29) is 22.7 Å². The van der Waals surface area contributed by atoms with Crippen LogP contribution >= 0.6 is 0 Å². The topological polar surface area (TPSA) is 119 Å². The Morgan fingerprint density at radius 2 is 1.85 bits per heavy atom. The van der Waals surface area contributed by atoms with E-state index in [4.69, 9.17) is 4.74 Å². The molecule has 1 saturated carbocycles. The molecule has 0 unspecified atom stereocenters. The Morgan fingerprint density at radius 3 is 2.58 bits per heavy atom. The third kappa shape index (κ3) is 6.50. The average Bonchev–Trinajstić information content (AvgIpc) is 3.54. The van der Waals surface area contributed by atoms with Crippen LogP contribution in [0.15, 0.2) is 61.1 Å². The second-order valence-electron chi connectivity index (χ2n) is 13.9. The lowest BCUT2D eigenvalue weighted by atomic mass is 9.89. The first-order valence-electron chi connectivity index (χ1n) is 17.8. The van der Waals surface area contributed by atoms with Gasteiger partial charge in [-0.2, -0.15) is 5.26 Å². The van der Waals surface area contributed by atoms with Crippen LogP contribution in [0.4, 0.5) is 19.0 Å². The minimum absolute atomic E-state index is 0.121. The molecule has 2 aliphatic heterocycles. The largest absolute Gasteiger partial charge is 0.493 e. The lowest BCUT2D eigenvalue weighted by molar-refractivity contribution is 0.0741. The van der Waals surface area contributed by atoms with Gasteiger partial charge in [0.15, 0.2) is 17.4 Å². The Labute approximate surface area is 304 Å². The quantitative estimate of drug-likeness (QED) is 0.188. The van der Waals surface area contributed by atoms with Gasteiger partial charge in [0.05, 0.1) is 36.5 Å². The van der Waals surface area contributed by atoms with Gasteiger partial charge in [-0.25, -0.2) is 18.2 Å². The summed E-state index contributed by atoms with van der Waals surface area (Å²) in [5.41, 5.74) is 1.60. The highest BCUT2D eigenvalue weighted by atomic mass is 19.1. The van der Waals surface area contributed by atoms with Crippen LogP contribution in [0.25, 0.3) is 27.6 Å². The number of nitrogens with zero attached hydrogens (tertiary/aromatic N) is 8. The van der Waals surface area contributed by atoms with Gasteiger partial charge in [-0.15, -0.1) is 5.10 Å². The number of pyridine rings is 1. The molecule has 2 aromatic carbocycles. The highest BCUT2D eigenvalue weighted by Gasteiger charge is 2.47. The van der Waals surface area contributed by atoms with E-state index in [0.29, 0.717) is 85.8 Å². The molecule has 1 amide bonds. The van der Waals surface area contributed by atoms with Crippen molar-refractivity contribution >= 4 is 28.2 Å². The molecule has 5 heterocycles. The molecule has 0 bridgehead atoms. The van der Waals surface area contributed by atoms with Gasteiger partial charge in [-0.1, -0.05) is 29.5 Å². The van der Waals surface area contributed by atoms with Crippen molar-refractivity contribution in [2.75, 3.05) is 57.8 Å². The van der Waals surface area contributed by atoms with Crippen molar-refractivity contribution in [2.45, 2.75) is 37.6 Å². The first-order valence-corrected chi connectivity index (χ1v) is 17.8. The first-order chi connectivity index (χ1) is 25.8. The molecular formula is C39H38F3N9O2. The third-order valence-corrected chi connectivity index (χ3v) is 10.6. The summed E-state index contributed by atoms with van der Waals surface area (Å²) in [7, 11) is 1.45. The number of ether oxygens (including phenoxy) is 1. The Bertz CT molecular complexity index is 2250. The molecule has 11 nitrogen and oxygen atoms in total. The van der Waals surface area contributed by atoms with Crippen molar-refractivity contribution in [1.29, 1.82) is 5.26 Å². The van der Waals surface area contributed by atoms with E-state index in [2.05, 4.69) is 31.2 Å². The molecule has 5 aromatic rings. The number of hydrogen-bond donors (Lipinski definition) is 1. The van der Waals surface area contributed by atoms with Crippen molar-refractivity contribution in [3.63, 3.8) is 0 Å². The molecule has 0 radical (unpaired) electrons. The normalized spacial score (nSPS) is 17.2. The molecule has 8 rings (SSSR count). The molecule has 14 heteroatoms. The maximum Gasteiger partial charge on any atom is 0.270 e. The van der Waals surface area contributed by atoms with Crippen LogP contribution in [0.5, 0.6) is 5.75 Å². The Balaban J connectivity index is 1.12. The number of nitriles is 1. The van der Waals surface area contributed by atoms with Crippen molar-refractivity contribution in [3.05, 3.63) is 95.3 Å². The number of anilines is 1. The van der Waals surface area contributed by atoms with Crippen LogP contribution < -0.4 is 9.64 Å². The summed E-state index contributed by atoms with van der Waals surface area (Å²) >= 11 is 0. The predicted octanol–water partition coefficient (Wildman–Crippen LogP) is 5.94. The fraction of sp³-hybridized carbons (Fsp3) is 0.359. The van der Waals surface area contributed by atoms with E-state index in [0.717, 1.165) is 37.7 Å². The summed E-state index contributed by atoms with van der Waals surface area (Å²) in [4.78, 5) is 27.1. The van der Waals surface area contributed by atoms with Crippen LogP contribution in [-0.2, 0) is 12.0 Å². The van der Waals surface area contributed by atoms with E-state index in [1.165, 1.54) is 13.2 Å². The highest BCUT2D eigenvalue weighted by molar-refractivity contribution is 6.04. The van der Waals surface area contributed by atoms with Gasteiger partial charge in [0, 0.05) is 86.7 Å². The van der Waals surface area contributed by atoms with Crippen LogP contribution in [0, 0.1) is 28.8 Å². The highest BCUT2D eigenvalue weighted by Crippen LogP contribution is 2.50. The number of methoxy groups -OCH3 is 1. The number of fused-ring (bicyclic) bond motifs is 1. The molecular weight excluding hydrogens is 683 g/mol. The zero-order chi connectivity index (χ0) is 36.7. The third-order valence-electron chi connectivity index (χ3n) is 10.6. The van der Waals surface area contributed by atoms with Crippen LogP contribution in [0.2, 0.25) is 0 Å². The smallest absolute Gasteiger partial charge is 0.270 e. The van der Waals surface area contributed by atoms with E-state index in [9.17, 15) is 14.4 Å². The summed E-state index contributed by atoms with van der Waals surface area (Å²) in [6, 6.07) is 11.9. The van der Waals surface area contributed by atoms with Gasteiger partial charge in [0.1, 0.15) is 17.3 Å². The molecule has 53 heavy (non-hydrogen) atoms. The zero-order valence-electron chi connectivity index (χ0n) is 29.3. The van der Waals surface area contributed by atoms with Gasteiger partial charge >= 0.3 is 0 Å². The molecule has 3 aliphatic rings. The molecule has 1 N–H and O–H groups in total. The van der Waals surface area contributed by atoms with E-state index in [1.807, 2.05) is 17.2 Å². The maximum absolute atomic E-state index is 16.8. The maximum atomic E-state index is 16.8. The second-order valence-corrected chi connectivity index (χ2v) is 13.9. The number of nitrogens with one attached hydrogen (secondary N) is 1. The number of rotatable bonds is 10. The van der Waals surface area contributed by atoms with Gasteiger partial charge < -0.3 is 19.5 Å². The Kier molecular flexibility index (Phi) is 9.11. The standard InChI is InChI=1S/C39H38F3N9O2/c1-53-33-19-26(40)22-44-37(33)49-15-17-50(18-16-49)38(52)32-21-30-29(27-6-2-7-31(34(27)41)39(24-43)8-9-39)20-28(35(42)36(30)46-32)25-5-3-11-48(23-25)12-4-13-51-14-10-45-47-51/h2,5-7,10,14,19-22,46H,3-4,8-9,11-13,15-18,23H2,1H3. The molecule has 0 atom stereocenters. The summed E-state index contributed by atoms with van der Waals surface area (Å²) in [5.74, 6) is -1.05. The second kappa shape index (κ2) is 14.0. The Morgan fingerprint density at radius 1 is 1.02 bits per heavy atom. The number of carbonyl (C=O) groups is 1. The molecule has 3 aromatic heterocycles. The number of carbonyl (C=O) groups excluding carboxylic acids is 1. The number of benzene rings is 2. The fourth-order valence-corrected chi connectivity index (χ4v) is 7.60. The zero-order valence-corrected chi connectivity index (χ0v) is 29.3. The van der Waals surface area contributed by atoms with Crippen LogP contribution in [0.1, 0.15) is 47.3 Å². The first kappa shape index (κ1) is 34.4. The van der Waals surface area contributed by atoms with Gasteiger partial charge in [0.25, 0.3) is 5.91 Å². The van der Waals surface area contributed by atoms with Crippen molar-refractivity contribution in [1.82, 2.24) is 34.8 Å². The monoisotopic (exact) mass is 721 g/mol. The lowest BCUT2D eigenvalue weighted by Gasteiger charge is -2.35. The van der Waals surface area contributed by atoms with Gasteiger partial charge in [0.2, 0.25) is 0 Å². The molecule has 0 spiro atoms. The summed E-state index contributed by atoms with van der Waals surface area (Å²) < 4.78 is 54.2. The van der Waals surface area contributed by atoms with E-state index >= 15 is 8.78 Å². The minimum atomic E-state index is -0.866. The van der Waals surface area contributed by atoms with Crippen molar-refractivity contribution < 1.29 is 22.7 Å². The SMILES string of the molecule is COc1cc(F)cnc1N1CCN(C(=O)c2cc3c(-c4cccc(C5(C#N)CC5)c4F)cc(C4=CCCN(CCCn5ccnn5)C4)c(F)c3[nH]2)CC1. The predicted molar refractivity (Wildman–Crippen MR) is 193 cm³/mol. The summed E-state index contributed by atoms with van der Waals surface area (Å²) in [6.07, 6.45) is 9.34. The molecule has 1 aliphatic carbocycles. The minimum Gasteiger partial charge on any atom is -0.493 e. The number of H-pyrrole nitrogens is 1. The number of halogens is 3. The van der Waals surface area contributed by atoms with E-state index < -0.39 is 22.9 Å². The number of aryl methyl sites for hydroxylation is 1. The van der Waals surface area contributed by atoms with Gasteiger partial charge in [-0.05, 0) is 49.0 Å². The average molecular weight is 722 g/mol. The van der Waals surface area contributed by atoms with E-state index in [1.54, 1.807) is 46.1 Å². The summed E-state index contributed by atoms with van der Waals surface area (Å²) in [6.45, 7) is 4.34. The van der Waals surface area contributed by atoms with Crippen molar-refractivity contribution in [3.8, 4) is 22.9 Å². The number of hydrogen-bond acceptors (Lipinski definition) is 8. The molecule has 2 fully saturated rings. The Hall–Kier alpha value is -5.68. The van der Waals surface area contributed by atoms with Gasteiger partial charge in [-0.3, -0.25) is 14.4 Å². The van der Waals surface area contributed by atoms with Crippen LogP contribution in [0.3, 0.4) is 0 Å². The summed E-state index contributed by atoms with van der Waals surface area (Å²) in [5, 5.41) is 18.2. The molecule has 1 saturated heterocycles. The van der Waals surface area contributed by atoms with Crippen LogP contribution in [-0.4, -0.2) is 93.6 Å².